The normalized spacial score (nSPS) is 28.6. The number of morpholine rings is 1. The summed E-state index contributed by atoms with van der Waals surface area (Å²) in [5, 5.41) is 5.93. The third kappa shape index (κ3) is 4.00. The summed E-state index contributed by atoms with van der Waals surface area (Å²) in [4.78, 5) is 14.3. The summed E-state index contributed by atoms with van der Waals surface area (Å²) in [6, 6.07) is 0.122. The fourth-order valence-electron chi connectivity index (χ4n) is 2.69. The van der Waals surface area contributed by atoms with Gasteiger partial charge in [0.15, 0.2) is 0 Å². The Kier molecular flexibility index (Phi) is 5.36. The summed E-state index contributed by atoms with van der Waals surface area (Å²) < 4.78 is 5.43. The molecule has 1 atom stereocenters. The van der Waals surface area contributed by atoms with E-state index >= 15 is 0 Å². The number of nitrogens with one attached hydrogen (secondary N) is 2. The highest BCUT2D eigenvalue weighted by Crippen LogP contribution is 2.33. The number of rotatable bonds is 4. The molecule has 5 nitrogen and oxygen atoms in total. The van der Waals surface area contributed by atoms with E-state index in [-0.39, 0.29) is 17.6 Å². The second-order valence-electron chi connectivity index (χ2n) is 5.61. The maximum atomic E-state index is 11.8. The summed E-state index contributed by atoms with van der Waals surface area (Å²) in [5.41, 5.74) is 0.128. The number of ether oxygens (including phenoxy) is 1. The molecule has 2 aliphatic rings. The second kappa shape index (κ2) is 6.81. The Morgan fingerprint density at radius 3 is 2.74 bits per heavy atom. The topological polar surface area (TPSA) is 53.6 Å². The molecule has 2 amide bonds. The molecule has 2 rings (SSSR count). The number of urea groups is 1. The minimum atomic E-state index is -0.0560. The Bertz CT molecular complexity index is 300. The number of hydrogen-bond donors (Lipinski definition) is 2. The highest BCUT2D eigenvalue weighted by Gasteiger charge is 2.40. The molecule has 2 heterocycles. The van der Waals surface area contributed by atoms with E-state index in [1.54, 1.807) is 0 Å². The van der Waals surface area contributed by atoms with Crippen LogP contribution < -0.4 is 10.6 Å². The van der Waals surface area contributed by atoms with Gasteiger partial charge in [-0.2, -0.15) is 11.8 Å². The lowest BCUT2D eigenvalue weighted by Gasteiger charge is -2.43. The van der Waals surface area contributed by atoms with Gasteiger partial charge in [-0.25, -0.2) is 4.79 Å². The molecule has 0 aromatic heterocycles. The van der Waals surface area contributed by atoms with Crippen LogP contribution in [0.3, 0.4) is 0 Å². The third-order valence-electron chi connectivity index (χ3n) is 3.76. The summed E-state index contributed by atoms with van der Waals surface area (Å²) in [7, 11) is 0. The number of nitrogens with zero attached hydrogens (tertiary/aromatic N) is 1. The van der Waals surface area contributed by atoms with Crippen LogP contribution in [0, 0.1) is 0 Å². The summed E-state index contributed by atoms with van der Waals surface area (Å²) in [6.45, 7) is 8.27. The molecular weight excluding hydrogens is 262 g/mol. The molecule has 6 heteroatoms. The zero-order valence-corrected chi connectivity index (χ0v) is 12.7. The molecule has 0 saturated carbocycles. The van der Waals surface area contributed by atoms with Crippen molar-refractivity contribution in [3.05, 3.63) is 0 Å². The van der Waals surface area contributed by atoms with E-state index in [0.717, 1.165) is 45.0 Å². The van der Waals surface area contributed by atoms with Crippen LogP contribution in [0.1, 0.15) is 20.3 Å². The van der Waals surface area contributed by atoms with Gasteiger partial charge in [0.1, 0.15) is 0 Å². The van der Waals surface area contributed by atoms with Gasteiger partial charge < -0.3 is 15.4 Å². The summed E-state index contributed by atoms with van der Waals surface area (Å²) >= 11 is 1.99. The molecule has 2 aliphatic heterocycles. The zero-order chi connectivity index (χ0) is 13.7. The summed E-state index contributed by atoms with van der Waals surface area (Å²) in [5.74, 6) is 2.29. The number of hydrogen-bond acceptors (Lipinski definition) is 4. The predicted octanol–water partition coefficient (Wildman–Crippen LogP) is 0.902. The average Bonchev–Trinajstić information content (AvgIpc) is 2.87. The van der Waals surface area contributed by atoms with Crippen LogP contribution >= 0.6 is 11.8 Å². The molecule has 110 valence electrons. The first-order valence-electron chi connectivity index (χ1n) is 7.07. The Morgan fingerprint density at radius 1 is 1.42 bits per heavy atom. The van der Waals surface area contributed by atoms with Crippen molar-refractivity contribution in [2.45, 2.75) is 31.8 Å². The first kappa shape index (κ1) is 14.9. The molecular formula is C13H25N3O2S. The predicted molar refractivity (Wildman–Crippen MR) is 78.7 cm³/mol. The standard InChI is InChI=1S/C13H25N3O2S/c1-11(2)15-12(17)14-9-13(3-8-19-10-13)16-4-6-18-7-5-16/h11H,3-10H2,1-2H3,(H2,14,15,17)/t13-/m0/s1. The highest BCUT2D eigenvalue weighted by molar-refractivity contribution is 7.99. The van der Waals surface area contributed by atoms with Crippen molar-refractivity contribution < 1.29 is 9.53 Å². The van der Waals surface area contributed by atoms with Crippen LogP contribution in [0.25, 0.3) is 0 Å². The average molecular weight is 287 g/mol. The number of amides is 2. The fraction of sp³-hybridized carbons (Fsp3) is 0.923. The summed E-state index contributed by atoms with van der Waals surface area (Å²) in [6.07, 6.45) is 1.15. The van der Waals surface area contributed by atoms with Crippen molar-refractivity contribution in [1.29, 1.82) is 0 Å². The SMILES string of the molecule is CC(C)NC(=O)NC[C@@]1(N2CCOCC2)CCSC1. The van der Waals surface area contributed by atoms with Crippen molar-refractivity contribution in [2.75, 3.05) is 44.4 Å². The second-order valence-corrected chi connectivity index (χ2v) is 6.71. The molecule has 0 unspecified atom stereocenters. The highest BCUT2D eigenvalue weighted by atomic mass is 32.2. The van der Waals surface area contributed by atoms with Crippen LogP contribution in [-0.4, -0.2) is 66.9 Å². The van der Waals surface area contributed by atoms with Gasteiger partial charge >= 0.3 is 6.03 Å². The van der Waals surface area contributed by atoms with Crippen molar-refractivity contribution in [2.24, 2.45) is 0 Å². The molecule has 0 aromatic rings. The molecule has 0 radical (unpaired) electrons. The van der Waals surface area contributed by atoms with Gasteiger partial charge in [0.25, 0.3) is 0 Å². The Morgan fingerprint density at radius 2 is 2.16 bits per heavy atom. The Labute approximate surface area is 119 Å². The van der Waals surface area contributed by atoms with Crippen molar-refractivity contribution >= 4 is 17.8 Å². The van der Waals surface area contributed by atoms with Gasteiger partial charge in [-0.15, -0.1) is 0 Å². The Balaban J connectivity index is 1.90. The molecule has 2 fully saturated rings. The van der Waals surface area contributed by atoms with E-state index in [9.17, 15) is 4.79 Å². The Hall–Kier alpha value is -0.460. The quantitative estimate of drug-likeness (QED) is 0.807. The van der Waals surface area contributed by atoms with Gasteiger partial charge in [-0.05, 0) is 26.0 Å². The van der Waals surface area contributed by atoms with E-state index in [1.165, 1.54) is 5.75 Å². The van der Waals surface area contributed by atoms with Gasteiger partial charge in [-0.3, -0.25) is 4.90 Å². The monoisotopic (exact) mass is 287 g/mol. The molecule has 2 saturated heterocycles. The number of thioether (sulfide) groups is 1. The largest absolute Gasteiger partial charge is 0.379 e. The lowest BCUT2D eigenvalue weighted by atomic mass is 9.95. The van der Waals surface area contributed by atoms with Gasteiger partial charge in [0.2, 0.25) is 0 Å². The van der Waals surface area contributed by atoms with Crippen LogP contribution in [-0.2, 0) is 4.74 Å². The molecule has 19 heavy (non-hydrogen) atoms. The van der Waals surface area contributed by atoms with Crippen LogP contribution in [0.5, 0.6) is 0 Å². The first-order chi connectivity index (χ1) is 9.12. The van der Waals surface area contributed by atoms with Crippen molar-refractivity contribution in [3.63, 3.8) is 0 Å². The molecule has 0 bridgehead atoms. The maximum Gasteiger partial charge on any atom is 0.315 e. The number of carbonyl (C=O) groups is 1. The maximum absolute atomic E-state index is 11.8. The molecule has 0 aliphatic carbocycles. The molecule has 0 aromatic carbocycles. The fourth-order valence-corrected chi connectivity index (χ4v) is 4.17. The third-order valence-corrected chi connectivity index (χ3v) is 5.00. The van der Waals surface area contributed by atoms with Crippen molar-refractivity contribution in [1.82, 2.24) is 15.5 Å². The first-order valence-corrected chi connectivity index (χ1v) is 8.23. The smallest absolute Gasteiger partial charge is 0.315 e. The molecule has 2 N–H and O–H groups in total. The van der Waals surface area contributed by atoms with E-state index in [1.807, 2.05) is 25.6 Å². The lowest BCUT2D eigenvalue weighted by molar-refractivity contribution is -0.0124. The van der Waals surface area contributed by atoms with Gasteiger partial charge in [0, 0.05) is 37.0 Å². The van der Waals surface area contributed by atoms with Gasteiger partial charge in [-0.1, -0.05) is 0 Å². The van der Waals surface area contributed by atoms with Crippen LogP contribution in [0.15, 0.2) is 0 Å². The van der Waals surface area contributed by atoms with Crippen LogP contribution in [0.4, 0.5) is 4.79 Å². The van der Waals surface area contributed by atoms with E-state index in [4.69, 9.17) is 4.74 Å². The van der Waals surface area contributed by atoms with Gasteiger partial charge in [0.05, 0.1) is 13.2 Å². The lowest BCUT2D eigenvalue weighted by Crippen LogP contribution is -2.60. The number of carbonyl (C=O) groups excluding carboxylic acids is 1. The zero-order valence-electron chi connectivity index (χ0n) is 11.9. The van der Waals surface area contributed by atoms with Crippen molar-refractivity contribution in [3.8, 4) is 0 Å². The minimum absolute atomic E-state index is 0.0560. The minimum Gasteiger partial charge on any atom is -0.379 e. The van der Waals surface area contributed by atoms with E-state index in [2.05, 4.69) is 15.5 Å². The van der Waals surface area contributed by atoms with Crippen LogP contribution in [0.2, 0.25) is 0 Å². The molecule has 0 spiro atoms. The van der Waals surface area contributed by atoms with E-state index in [0.29, 0.717) is 0 Å². The van der Waals surface area contributed by atoms with E-state index < -0.39 is 0 Å².